The second-order valence-corrected chi connectivity index (χ2v) is 4.71. The van der Waals surface area contributed by atoms with E-state index < -0.39 is 0 Å². The Balaban J connectivity index is 2.14. The summed E-state index contributed by atoms with van der Waals surface area (Å²) in [5.41, 5.74) is 0. The van der Waals surface area contributed by atoms with Gasteiger partial charge in [0.15, 0.2) is 0 Å². The van der Waals surface area contributed by atoms with E-state index in [9.17, 15) is 4.79 Å². The number of nitrogens with one attached hydrogen (secondary N) is 2. The first-order chi connectivity index (χ1) is 8.61. The third-order valence-corrected chi connectivity index (χ3v) is 2.59. The SMILES string of the molecule is CC(CO)CNC(=O)NCC(C)Cn1cccn1. The molecular weight excluding hydrogens is 232 g/mol. The van der Waals surface area contributed by atoms with Crippen LogP contribution in [0.1, 0.15) is 13.8 Å². The second-order valence-electron chi connectivity index (χ2n) is 4.71. The largest absolute Gasteiger partial charge is 0.396 e. The zero-order valence-corrected chi connectivity index (χ0v) is 11.0. The van der Waals surface area contributed by atoms with E-state index in [4.69, 9.17) is 5.11 Å². The number of carbonyl (C=O) groups excluding carboxylic acids is 1. The van der Waals surface area contributed by atoms with Crippen LogP contribution in [0.15, 0.2) is 18.5 Å². The van der Waals surface area contributed by atoms with Crippen LogP contribution in [0.5, 0.6) is 0 Å². The van der Waals surface area contributed by atoms with Gasteiger partial charge in [0, 0.05) is 38.6 Å². The third kappa shape index (κ3) is 5.67. The molecule has 0 spiro atoms. The molecule has 3 N–H and O–H groups in total. The van der Waals surface area contributed by atoms with Crippen LogP contribution in [0.25, 0.3) is 0 Å². The normalized spacial score (nSPS) is 13.9. The van der Waals surface area contributed by atoms with Crippen molar-refractivity contribution in [2.24, 2.45) is 11.8 Å². The highest BCUT2D eigenvalue weighted by atomic mass is 16.3. The highest BCUT2D eigenvalue weighted by Gasteiger charge is 2.07. The van der Waals surface area contributed by atoms with Crippen molar-refractivity contribution in [2.45, 2.75) is 20.4 Å². The Kier molecular flexibility index (Phi) is 6.21. The van der Waals surface area contributed by atoms with Gasteiger partial charge in [0.25, 0.3) is 0 Å². The fraction of sp³-hybridized carbons (Fsp3) is 0.667. The number of aliphatic hydroxyl groups excluding tert-OH is 1. The Morgan fingerprint density at radius 2 is 2.00 bits per heavy atom. The number of hydrogen-bond acceptors (Lipinski definition) is 3. The summed E-state index contributed by atoms with van der Waals surface area (Å²) in [5, 5.41) is 18.5. The molecule has 1 heterocycles. The van der Waals surface area contributed by atoms with E-state index in [-0.39, 0.29) is 18.6 Å². The van der Waals surface area contributed by atoms with Crippen LogP contribution in [-0.2, 0) is 6.54 Å². The quantitative estimate of drug-likeness (QED) is 0.661. The van der Waals surface area contributed by atoms with Crippen LogP contribution in [0.2, 0.25) is 0 Å². The molecule has 0 saturated heterocycles. The van der Waals surface area contributed by atoms with Crippen LogP contribution >= 0.6 is 0 Å². The van der Waals surface area contributed by atoms with Gasteiger partial charge in [0.2, 0.25) is 0 Å². The summed E-state index contributed by atoms with van der Waals surface area (Å²) in [5.74, 6) is 0.392. The van der Waals surface area contributed by atoms with Gasteiger partial charge in [-0.15, -0.1) is 0 Å². The van der Waals surface area contributed by atoms with Crippen molar-refractivity contribution in [1.29, 1.82) is 0 Å². The first-order valence-electron chi connectivity index (χ1n) is 6.21. The molecule has 6 heteroatoms. The van der Waals surface area contributed by atoms with Crippen molar-refractivity contribution < 1.29 is 9.90 Å². The van der Waals surface area contributed by atoms with Crippen molar-refractivity contribution in [2.75, 3.05) is 19.7 Å². The number of hydrogen-bond donors (Lipinski definition) is 3. The number of aromatic nitrogens is 2. The number of nitrogens with zero attached hydrogens (tertiary/aromatic N) is 2. The maximum Gasteiger partial charge on any atom is 0.314 e. The second kappa shape index (κ2) is 7.71. The van der Waals surface area contributed by atoms with Gasteiger partial charge in [-0.05, 0) is 17.9 Å². The Morgan fingerprint density at radius 3 is 2.56 bits per heavy atom. The molecule has 102 valence electrons. The highest BCUT2D eigenvalue weighted by Crippen LogP contribution is 1.97. The first-order valence-corrected chi connectivity index (χ1v) is 6.21. The lowest BCUT2D eigenvalue weighted by molar-refractivity contribution is 0.220. The lowest BCUT2D eigenvalue weighted by Crippen LogP contribution is -2.40. The standard InChI is InChI=1S/C12H22N4O2/c1-10(8-16-5-3-4-15-16)6-13-12(18)14-7-11(2)9-17/h3-5,10-11,17H,6-9H2,1-2H3,(H2,13,14,18). The molecule has 0 fully saturated rings. The summed E-state index contributed by atoms with van der Waals surface area (Å²) in [6.45, 7) is 5.87. The van der Waals surface area contributed by atoms with Crippen LogP contribution in [0.3, 0.4) is 0 Å². The molecule has 1 aromatic heterocycles. The van der Waals surface area contributed by atoms with Crippen LogP contribution in [0.4, 0.5) is 4.79 Å². The molecule has 1 rings (SSSR count). The predicted octanol–water partition coefficient (Wildman–Crippen LogP) is 0.447. The molecule has 2 amide bonds. The number of rotatable bonds is 7. The van der Waals surface area contributed by atoms with Crippen LogP contribution in [0, 0.1) is 11.8 Å². The minimum absolute atomic E-state index is 0.0793. The van der Waals surface area contributed by atoms with Gasteiger partial charge in [0.1, 0.15) is 0 Å². The van der Waals surface area contributed by atoms with E-state index in [1.807, 2.05) is 23.9 Å². The molecule has 0 aromatic carbocycles. The summed E-state index contributed by atoms with van der Waals surface area (Å²) in [4.78, 5) is 11.4. The summed E-state index contributed by atoms with van der Waals surface area (Å²) < 4.78 is 1.85. The number of carbonyl (C=O) groups is 1. The predicted molar refractivity (Wildman–Crippen MR) is 69.0 cm³/mol. The summed E-state index contributed by atoms with van der Waals surface area (Å²) in [6.07, 6.45) is 3.64. The molecule has 0 saturated carbocycles. The first kappa shape index (κ1) is 14.5. The zero-order valence-electron chi connectivity index (χ0n) is 11.0. The molecule has 1 aromatic rings. The van der Waals surface area contributed by atoms with Gasteiger partial charge in [-0.25, -0.2) is 4.79 Å². The lowest BCUT2D eigenvalue weighted by Gasteiger charge is -2.14. The molecule has 0 aliphatic carbocycles. The van der Waals surface area contributed by atoms with Gasteiger partial charge < -0.3 is 15.7 Å². The number of aliphatic hydroxyl groups is 1. The fourth-order valence-electron chi connectivity index (χ4n) is 1.45. The van der Waals surface area contributed by atoms with Crippen LogP contribution in [-0.4, -0.2) is 40.6 Å². The van der Waals surface area contributed by atoms with Crippen molar-refractivity contribution in [3.8, 4) is 0 Å². The van der Waals surface area contributed by atoms with Gasteiger partial charge in [0.05, 0.1) is 0 Å². The Bertz CT molecular complexity index is 340. The maximum absolute atomic E-state index is 11.4. The molecule has 0 radical (unpaired) electrons. The Labute approximate surface area is 107 Å². The number of urea groups is 1. The Hall–Kier alpha value is -1.56. The van der Waals surface area contributed by atoms with Gasteiger partial charge in [-0.1, -0.05) is 13.8 Å². The van der Waals surface area contributed by atoms with Crippen molar-refractivity contribution in [3.63, 3.8) is 0 Å². The average molecular weight is 254 g/mol. The molecule has 0 aliphatic rings. The Morgan fingerprint density at radius 1 is 1.33 bits per heavy atom. The third-order valence-electron chi connectivity index (χ3n) is 2.59. The summed E-state index contributed by atoms with van der Waals surface area (Å²) >= 11 is 0. The molecule has 6 nitrogen and oxygen atoms in total. The van der Waals surface area contributed by atoms with E-state index in [1.165, 1.54) is 0 Å². The maximum atomic E-state index is 11.4. The van der Waals surface area contributed by atoms with E-state index in [1.54, 1.807) is 6.20 Å². The fourth-order valence-corrected chi connectivity index (χ4v) is 1.45. The molecule has 0 aliphatic heterocycles. The summed E-state index contributed by atoms with van der Waals surface area (Å²) in [6, 6.07) is 1.69. The van der Waals surface area contributed by atoms with Crippen molar-refractivity contribution in [1.82, 2.24) is 20.4 Å². The zero-order chi connectivity index (χ0) is 13.4. The topological polar surface area (TPSA) is 79.2 Å². The van der Waals surface area contributed by atoms with E-state index in [2.05, 4.69) is 22.7 Å². The van der Waals surface area contributed by atoms with Gasteiger partial charge >= 0.3 is 6.03 Å². The highest BCUT2D eigenvalue weighted by molar-refractivity contribution is 5.73. The smallest absolute Gasteiger partial charge is 0.314 e. The molecule has 0 bridgehead atoms. The molecule has 18 heavy (non-hydrogen) atoms. The van der Waals surface area contributed by atoms with Gasteiger partial charge in [-0.3, -0.25) is 4.68 Å². The minimum atomic E-state index is -0.192. The summed E-state index contributed by atoms with van der Waals surface area (Å²) in [7, 11) is 0. The minimum Gasteiger partial charge on any atom is -0.396 e. The average Bonchev–Trinajstić information content (AvgIpc) is 2.86. The van der Waals surface area contributed by atoms with E-state index in [0.29, 0.717) is 19.0 Å². The monoisotopic (exact) mass is 254 g/mol. The lowest BCUT2D eigenvalue weighted by atomic mass is 10.2. The molecular formula is C12H22N4O2. The van der Waals surface area contributed by atoms with Gasteiger partial charge in [-0.2, -0.15) is 5.10 Å². The molecule has 2 unspecified atom stereocenters. The number of amides is 2. The van der Waals surface area contributed by atoms with E-state index in [0.717, 1.165) is 6.54 Å². The van der Waals surface area contributed by atoms with Crippen molar-refractivity contribution >= 4 is 6.03 Å². The molecule has 2 atom stereocenters. The van der Waals surface area contributed by atoms with Crippen molar-refractivity contribution in [3.05, 3.63) is 18.5 Å². The van der Waals surface area contributed by atoms with E-state index >= 15 is 0 Å². The van der Waals surface area contributed by atoms with Crippen LogP contribution < -0.4 is 10.6 Å².